The van der Waals surface area contributed by atoms with Gasteiger partial charge in [0.1, 0.15) is 9.84 Å². The number of rotatable bonds is 5. The van der Waals surface area contributed by atoms with Crippen molar-refractivity contribution in [3.05, 3.63) is 59.0 Å². The fraction of sp³-hybridized carbons (Fsp3) is 0.333. The summed E-state index contributed by atoms with van der Waals surface area (Å²) in [6, 6.07) is 8.89. The second-order valence-electron chi connectivity index (χ2n) is 8.46. The lowest BCUT2D eigenvalue weighted by molar-refractivity contribution is -0.120. The zero-order chi connectivity index (χ0) is 22.2. The van der Waals surface area contributed by atoms with Crippen LogP contribution in [0.2, 0.25) is 5.02 Å². The Morgan fingerprint density at radius 3 is 2.65 bits per heavy atom. The molecule has 154 valence electrons. The molecule has 0 atom stereocenters. The summed E-state index contributed by atoms with van der Waals surface area (Å²) in [6.45, 7) is 0.141. The van der Waals surface area contributed by atoms with Crippen LogP contribution in [0.4, 0.5) is 5.69 Å². The average molecular weight is 450 g/mol. The molecule has 1 saturated carbocycles. The van der Waals surface area contributed by atoms with Crippen molar-refractivity contribution < 1.29 is 13.2 Å². The topological polar surface area (TPSA) is 72.3 Å². The summed E-state index contributed by atoms with van der Waals surface area (Å²) in [4.78, 5) is 19.1. The molecule has 4 radical (unpaired) electrons. The molecule has 2 aliphatic rings. The second-order valence-corrected chi connectivity index (χ2v) is 11.2. The number of hydrogen-bond acceptors (Lipinski definition) is 4. The molecule has 10 heteroatoms. The van der Waals surface area contributed by atoms with Gasteiger partial charge in [-0.2, -0.15) is 0 Å². The number of benzene rings is 1. The van der Waals surface area contributed by atoms with Gasteiger partial charge in [0.05, 0.1) is 38.7 Å². The molecule has 0 N–H and O–H groups in total. The summed E-state index contributed by atoms with van der Waals surface area (Å²) < 4.78 is 25.5. The lowest BCUT2D eigenvalue weighted by Gasteiger charge is -2.38. The number of hydrogen-bond donors (Lipinski definition) is 0. The fourth-order valence-corrected chi connectivity index (χ4v) is 5.26. The molecule has 5 rings (SSSR count). The van der Waals surface area contributed by atoms with Crippen molar-refractivity contribution in [3.8, 4) is 0 Å². The third kappa shape index (κ3) is 3.12. The number of fused-ring (bicyclic) bond motifs is 3. The predicted molar refractivity (Wildman–Crippen MR) is 122 cm³/mol. The van der Waals surface area contributed by atoms with E-state index >= 15 is 0 Å². The Hall–Kier alpha value is -2.25. The number of carbonyl (C=O) groups is 1. The Morgan fingerprint density at radius 1 is 1.23 bits per heavy atom. The summed E-state index contributed by atoms with van der Waals surface area (Å²) in [5, 5.41) is -0.428. The largest absolute Gasteiger partial charge is 0.343 e. The van der Waals surface area contributed by atoms with E-state index in [1.165, 1.54) is 11.2 Å². The van der Waals surface area contributed by atoms with E-state index in [0.29, 0.717) is 16.4 Å². The number of carbonyl (C=O) groups excluding carboxylic acids is 1. The van der Waals surface area contributed by atoms with Gasteiger partial charge >= 0.3 is 0 Å². The SMILES string of the molecule is [B]C([B])(c1cc2cc(Cl)ccc2n1CCS(C)(=O)=O)N1C(=O)C2(CC2)c2ccncc21. The van der Waals surface area contributed by atoms with Crippen molar-refractivity contribution in [3.63, 3.8) is 0 Å². The number of amides is 1. The van der Waals surface area contributed by atoms with Gasteiger partial charge in [-0.05, 0) is 48.7 Å². The summed E-state index contributed by atoms with van der Waals surface area (Å²) in [5.41, 5.74) is 2.05. The van der Waals surface area contributed by atoms with Crippen molar-refractivity contribution in [1.82, 2.24) is 9.55 Å². The third-order valence-electron chi connectivity index (χ3n) is 6.25. The molecule has 0 unspecified atom stereocenters. The Bertz CT molecular complexity index is 1350. The summed E-state index contributed by atoms with van der Waals surface area (Å²) in [6.07, 6.45) is 5.92. The van der Waals surface area contributed by atoms with Crippen molar-refractivity contribution in [2.75, 3.05) is 16.9 Å². The van der Waals surface area contributed by atoms with E-state index in [9.17, 15) is 13.2 Å². The Morgan fingerprint density at radius 2 is 1.97 bits per heavy atom. The highest BCUT2D eigenvalue weighted by Gasteiger charge is 2.61. The Kier molecular flexibility index (Phi) is 4.41. The number of nitrogens with zero attached hydrogens (tertiary/aromatic N) is 3. The molecule has 1 aromatic carbocycles. The minimum absolute atomic E-state index is 0.0987. The van der Waals surface area contributed by atoms with Crippen LogP contribution in [0.5, 0.6) is 0 Å². The summed E-state index contributed by atoms with van der Waals surface area (Å²) in [7, 11) is 10.1. The predicted octanol–water partition coefficient (Wildman–Crippen LogP) is 2.26. The highest BCUT2D eigenvalue weighted by Crippen LogP contribution is 2.58. The van der Waals surface area contributed by atoms with Crippen molar-refractivity contribution in [1.29, 1.82) is 0 Å². The molecular weight excluding hydrogens is 431 g/mol. The molecule has 0 saturated heterocycles. The fourth-order valence-electron chi connectivity index (χ4n) is 4.57. The first-order valence-corrected chi connectivity index (χ1v) is 12.3. The normalized spacial score (nSPS) is 17.5. The molecule has 31 heavy (non-hydrogen) atoms. The first kappa shape index (κ1) is 20.6. The van der Waals surface area contributed by atoms with Gasteiger partial charge in [0.15, 0.2) is 0 Å². The molecular formula is C21H18B2ClN3O3S. The first-order chi connectivity index (χ1) is 14.5. The van der Waals surface area contributed by atoms with E-state index in [1.807, 2.05) is 6.07 Å². The Balaban J connectivity index is 1.69. The minimum Gasteiger partial charge on any atom is -0.343 e. The molecule has 2 aromatic heterocycles. The van der Waals surface area contributed by atoms with Gasteiger partial charge < -0.3 is 9.47 Å². The van der Waals surface area contributed by atoms with Gasteiger partial charge in [-0.1, -0.05) is 11.6 Å². The molecule has 3 heterocycles. The number of aromatic nitrogens is 2. The molecule has 0 bridgehead atoms. The standard InChI is InChI=1S/C21H18B2ClN3O3S/c1-31(29,30)9-8-26-16-3-2-14(24)10-13(16)11-18(26)21(22,23)27-17-12-25-7-4-15(17)20(5-6-20)19(27)28/h2-4,7,10-12H,5-6,8-9H2,1H3. The smallest absolute Gasteiger partial charge is 0.237 e. The highest BCUT2D eigenvalue weighted by molar-refractivity contribution is 7.90. The van der Waals surface area contributed by atoms with Crippen LogP contribution in [-0.4, -0.2) is 51.6 Å². The van der Waals surface area contributed by atoms with Gasteiger partial charge in [-0.25, -0.2) is 8.42 Å². The number of halogens is 1. The molecule has 1 spiro atoms. The number of aryl methyl sites for hydroxylation is 1. The van der Waals surface area contributed by atoms with E-state index in [0.717, 1.165) is 29.3 Å². The molecule has 3 aromatic rings. The molecule has 1 aliphatic heterocycles. The van der Waals surface area contributed by atoms with Crippen molar-refractivity contribution in [2.45, 2.75) is 30.1 Å². The zero-order valence-corrected chi connectivity index (χ0v) is 18.4. The molecule has 1 amide bonds. The van der Waals surface area contributed by atoms with Gasteiger partial charge in [0.2, 0.25) is 5.91 Å². The zero-order valence-electron chi connectivity index (χ0n) is 16.9. The van der Waals surface area contributed by atoms with E-state index in [-0.39, 0.29) is 18.2 Å². The number of pyridine rings is 1. The number of anilines is 1. The van der Waals surface area contributed by atoms with Crippen LogP contribution in [0.15, 0.2) is 42.7 Å². The Labute approximate surface area is 188 Å². The van der Waals surface area contributed by atoms with E-state index in [1.54, 1.807) is 41.2 Å². The van der Waals surface area contributed by atoms with Gasteiger partial charge in [-0.3, -0.25) is 9.78 Å². The van der Waals surface area contributed by atoms with Crippen LogP contribution in [0.1, 0.15) is 24.1 Å². The molecule has 1 fully saturated rings. The third-order valence-corrected chi connectivity index (χ3v) is 7.41. The molecule has 6 nitrogen and oxygen atoms in total. The maximum Gasteiger partial charge on any atom is 0.237 e. The van der Waals surface area contributed by atoms with E-state index < -0.39 is 20.6 Å². The van der Waals surface area contributed by atoms with Crippen molar-refractivity contribution >= 4 is 59.6 Å². The van der Waals surface area contributed by atoms with Gasteiger partial charge in [-0.15, -0.1) is 0 Å². The summed E-state index contributed by atoms with van der Waals surface area (Å²) >= 11 is 6.17. The van der Waals surface area contributed by atoms with Crippen LogP contribution < -0.4 is 4.90 Å². The lowest BCUT2D eigenvalue weighted by Crippen LogP contribution is -2.52. The van der Waals surface area contributed by atoms with Gasteiger partial charge in [0.25, 0.3) is 0 Å². The highest BCUT2D eigenvalue weighted by atomic mass is 35.5. The van der Waals surface area contributed by atoms with Crippen LogP contribution >= 0.6 is 11.6 Å². The van der Waals surface area contributed by atoms with Crippen LogP contribution in [0, 0.1) is 0 Å². The van der Waals surface area contributed by atoms with Crippen LogP contribution in [0.3, 0.4) is 0 Å². The van der Waals surface area contributed by atoms with Crippen molar-refractivity contribution in [2.24, 2.45) is 0 Å². The average Bonchev–Trinajstić information content (AvgIpc) is 3.35. The minimum atomic E-state index is -3.25. The van der Waals surface area contributed by atoms with Crippen LogP contribution in [-0.2, 0) is 31.9 Å². The van der Waals surface area contributed by atoms with E-state index in [2.05, 4.69) is 4.98 Å². The van der Waals surface area contributed by atoms with E-state index in [4.69, 9.17) is 27.3 Å². The summed E-state index contributed by atoms with van der Waals surface area (Å²) in [5.74, 6) is -0.253. The quantitative estimate of drug-likeness (QED) is 0.560. The monoisotopic (exact) mass is 449 g/mol. The van der Waals surface area contributed by atoms with Crippen LogP contribution in [0.25, 0.3) is 10.9 Å². The maximum atomic E-state index is 13.5. The maximum absolute atomic E-state index is 13.5. The van der Waals surface area contributed by atoms with Gasteiger partial charge in [0, 0.05) is 46.0 Å². The first-order valence-electron chi connectivity index (χ1n) is 9.88. The molecule has 1 aliphatic carbocycles. The number of sulfone groups is 1. The second kappa shape index (κ2) is 6.62. The lowest BCUT2D eigenvalue weighted by atomic mass is 9.58.